The summed E-state index contributed by atoms with van der Waals surface area (Å²) in [4.78, 5) is 3.00. The van der Waals surface area contributed by atoms with Crippen molar-refractivity contribution in [2.45, 2.75) is 5.44 Å². The Kier molecular flexibility index (Phi) is 2.22. The maximum atomic E-state index is 5.92. The Balaban J connectivity index is 2.90. The molecule has 0 aliphatic heterocycles. The number of aromatic nitrogens is 1. The Morgan fingerprint density at radius 3 is 2.44 bits per heavy atom. The minimum absolute atomic E-state index is 1.01. The van der Waals surface area contributed by atoms with Crippen molar-refractivity contribution in [3.63, 3.8) is 0 Å². The Bertz CT molecular complexity index is 177. The molecule has 0 aliphatic rings. The third-order valence-corrected chi connectivity index (χ3v) is 6.09. The van der Waals surface area contributed by atoms with Crippen molar-refractivity contribution >= 4 is 23.4 Å². The summed E-state index contributed by atoms with van der Waals surface area (Å²) in [5.74, 6) is 0. The summed E-state index contributed by atoms with van der Waals surface area (Å²) in [6.07, 6.45) is 1.84. The van der Waals surface area contributed by atoms with E-state index >= 15 is 0 Å². The van der Waals surface area contributed by atoms with Gasteiger partial charge in [-0.05, 0) is 0 Å². The molecule has 0 spiro atoms. The molecule has 0 bridgehead atoms. The summed E-state index contributed by atoms with van der Waals surface area (Å²) >= 11 is -2.55. The number of hydrogen-bond donors (Lipinski definition) is 1. The van der Waals surface area contributed by atoms with Gasteiger partial charge in [0.25, 0.3) is 0 Å². The van der Waals surface area contributed by atoms with Crippen molar-refractivity contribution < 1.29 is 13.3 Å². The molecular weight excluding hydrogens is 337 g/mol. The summed E-state index contributed by atoms with van der Waals surface area (Å²) < 4.78 is 1.01. The van der Waals surface area contributed by atoms with Crippen molar-refractivity contribution in [2.75, 3.05) is 0 Å². The quantitative estimate of drug-likeness (QED) is 0.804. The monoisotopic (exact) mass is 344 g/mol. The molecular formula is C5H7Cl2IrN. The third-order valence-electron chi connectivity index (χ3n) is 0.861. The van der Waals surface area contributed by atoms with Crippen LogP contribution in [0, 0.1) is 0 Å². The molecule has 0 unspecified atom stereocenters. The molecule has 55 valence electrons. The molecule has 1 heterocycles. The zero-order chi connectivity index (χ0) is 6.91. The van der Waals surface area contributed by atoms with E-state index in [9.17, 15) is 0 Å². The second kappa shape index (κ2) is 2.63. The van der Waals surface area contributed by atoms with E-state index in [0.29, 0.717) is 0 Å². The molecule has 4 heteroatoms. The number of rotatable bonds is 1. The summed E-state index contributed by atoms with van der Waals surface area (Å²) in [7, 11) is 11.8. The Labute approximate surface area is 65.3 Å². The van der Waals surface area contributed by atoms with Crippen LogP contribution in [0.5, 0.6) is 0 Å². The van der Waals surface area contributed by atoms with Gasteiger partial charge >= 0.3 is 65.4 Å². The normalized spacial score (nSPS) is 13.7. The second-order valence-corrected chi connectivity index (χ2v) is 16.4. The van der Waals surface area contributed by atoms with Crippen molar-refractivity contribution in [3.8, 4) is 0 Å². The van der Waals surface area contributed by atoms with Gasteiger partial charge in [0.15, 0.2) is 0 Å². The van der Waals surface area contributed by atoms with Gasteiger partial charge in [-0.1, -0.05) is 0 Å². The molecule has 1 N–H and O–H groups in total. The van der Waals surface area contributed by atoms with E-state index in [1.807, 2.05) is 23.8 Å². The van der Waals surface area contributed by atoms with Gasteiger partial charge in [0, 0.05) is 0 Å². The van der Waals surface area contributed by atoms with Gasteiger partial charge in [-0.2, -0.15) is 0 Å². The van der Waals surface area contributed by atoms with Gasteiger partial charge in [-0.25, -0.2) is 0 Å². The van der Waals surface area contributed by atoms with Gasteiger partial charge in [0.1, 0.15) is 0 Å². The fourth-order valence-electron chi connectivity index (χ4n) is 0.482. The first-order valence-electron chi connectivity index (χ1n) is 2.25. The van der Waals surface area contributed by atoms with Crippen LogP contribution in [0.25, 0.3) is 0 Å². The zero-order valence-corrected chi connectivity index (χ0v) is 8.73. The van der Waals surface area contributed by atoms with E-state index in [1.165, 1.54) is 0 Å². The Hall–Kier alpha value is 0.509. The topological polar surface area (TPSA) is 15.8 Å². The van der Waals surface area contributed by atoms with Crippen molar-refractivity contribution in [1.29, 1.82) is 0 Å². The molecule has 0 aromatic carbocycles. The number of nitrogens with one attached hydrogen (secondary N) is 1. The number of H-pyrrole nitrogens is 1. The average Bonchev–Trinajstić information content (AvgIpc) is 2.08. The van der Waals surface area contributed by atoms with Gasteiger partial charge in [0.05, 0.1) is 0 Å². The van der Waals surface area contributed by atoms with Crippen LogP contribution < -0.4 is 4.21 Å². The molecule has 9 heavy (non-hydrogen) atoms. The molecule has 0 radical (unpaired) electrons. The predicted molar refractivity (Wildman–Crippen MR) is 38.0 cm³/mol. The zero-order valence-electron chi connectivity index (χ0n) is 4.82. The van der Waals surface area contributed by atoms with E-state index in [4.69, 9.17) is 19.2 Å². The maximum absolute atomic E-state index is 5.92. The molecule has 1 rings (SSSR count). The molecule has 1 nitrogen and oxygen atoms in total. The van der Waals surface area contributed by atoms with Crippen LogP contribution in [0.4, 0.5) is 0 Å². The molecule has 0 aliphatic carbocycles. The fraction of sp³-hybridized carbons (Fsp3) is 0.200. The van der Waals surface area contributed by atoms with Crippen molar-refractivity contribution in [3.05, 3.63) is 18.3 Å². The first kappa shape index (κ1) is 7.61. The van der Waals surface area contributed by atoms with E-state index in [1.54, 1.807) is 0 Å². The first-order valence-corrected chi connectivity index (χ1v) is 11.8. The molecule has 0 amide bonds. The Morgan fingerprint density at radius 1 is 1.56 bits per heavy atom. The van der Waals surface area contributed by atoms with Crippen LogP contribution in [0.1, 0.15) is 0 Å². The van der Waals surface area contributed by atoms with E-state index in [-0.39, 0.29) is 0 Å². The average molecular weight is 344 g/mol. The van der Waals surface area contributed by atoms with E-state index in [2.05, 4.69) is 4.98 Å². The summed E-state index contributed by atoms with van der Waals surface area (Å²) in [5.41, 5.74) is 1.91. The number of aromatic amines is 1. The Morgan fingerprint density at radius 2 is 2.22 bits per heavy atom. The molecule has 1 aromatic heterocycles. The van der Waals surface area contributed by atoms with E-state index in [0.717, 1.165) is 4.21 Å². The van der Waals surface area contributed by atoms with Gasteiger partial charge in [-0.3, -0.25) is 0 Å². The molecule has 0 saturated carbocycles. The molecule has 1 aromatic rings. The van der Waals surface area contributed by atoms with Crippen LogP contribution in [0.2, 0.25) is 5.44 Å². The number of halogens is 2. The van der Waals surface area contributed by atoms with Gasteiger partial charge < -0.3 is 0 Å². The third kappa shape index (κ3) is 1.98. The van der Waals surface area contributed by atoms with Crippen LogP contribution >= 0.6 is 19.2 Å². The van der Waals surface area contributed by atoms with Gasteiger partial charge in [0.2, 0.25) is 0 Å². The molecule has 0 atom stereocenters. The summed E-state index contributed by atoms with van der Waals surface area (Å²) in [6, 6.07) is 3.84. The first-order chi connectivity index (χ1) is 4.11. The fourth-order valence-corrected chi connectivity index (χ4v) is 3.50. The van der Waals surface area contributed by atoms with Gasteiger partial charge in [-0.15, -0.1) is 0 Å². The second-order valence-electron chi connectivity index (χ2n) is 1.59. The van der Waals surface area contributed by atoms with Crippen LogP contribution in [-0.4, -0.2) is 4.98 Å². The minimum atomic E-state index is -2.55. The SMILES string of the molecule is [CH3][Ir]([Cl])([Cl])[c]1ccc[nH]1. The molecule has 0 saturated heterocycles. The van der Waals surface area contributed by atoms with Crippen LogP contribution in [0.3, 0.4) is 0 Å². The van der Waals surface area contributed by atoms with Crippen LogP contribution in [-0.2, 0) is 13.3 Å². The standard InChI is InChI=1S/C4H4N.CH3.2ClH.Ir/c1-2-4-5-3-1;;;;/h1-3,5H;1H3;2*1H;/q;;;;+2/p-2. The van der Waals surface area contributed by atoms with Crippen molar-refractivity contribution in [1.82, 2.24) is 4.98 Å². The predicted octanol–water partition coefficient (Wildman–Crippen LogP) is 2.15. The number of hydrogen-bond acceptors (Lipinski definition) is 0. The van der Waals surface area contributed by atoms with Crippen LogP contribution in [0.15, 0.2) is 18.3 Å². The molecule has 0 fully saturated rings. The summed E-state index contributed by atoms with van der Waals surface area (Å²) in [5, 5.41) is 0. The van der Waals surface area contributed by atoms with E-state index < -0.39 is 13.3 Å². The van der Waals surface area contributed by atoms with Crippen molar-refractivity contribution in [2.24, 2.45) is 0 Å². The summed E-state index contributed by atoms with van der Waals surface area (Å²) in [6.45, 7) is 0.